The number of allylic oxidation sites excluding steroid dienone is 1. The SMILES string of the molecule is CCCOc1ccc2ccccc2c1/C=C(\C#N)C(=O)C(C)(C)C. The lowest BCUT2D eigenvalue weighted by molar-refractivity contribution is -0.121. The summed E-state index contributed by atoms with van der Waals surface area (Å²) in [5.74, 6) is 0.532. The van der Waals surface area contributed by atoms with Crippen molar-refractivity contribution in [3.63, 3.8) is 0 Å². The van der Waals surface area contributed by atoms with E-state index < -0.39 is 5.41 Å². The van der Waals surface area contributed by atoms with Crippen LogP contribution in [0.3, 0.4) is 0 Å². The lowest BCUT2D eigenvalue weighted by atomic mass is 9.85. The van der Waals surface area contributed by atoms with Gasteiger partial charge in [-0.2, -0.15) is 5.26 Å². The molecule has 24 heavy (non-hydrogen) atoms. The van der Waals surface area contributed by atoms with Crippen molar-refractivity contribution in [1.29, 1.82) is 5.26 Å². The number of Topliss-reactive ketones (excluding diaryl/α,β-unsaturated/α-hetero) is 1. The van der Waals surface area contributed by atoms with Gasteiger partial charge in [-0.3, -0.25) is 4.79 Å². The molecule has 0 heterocycles. The lowest BCUT2D eigenvalue weighted by Crippen LogP contribution is -2.21. The molecule has 0 aliphatic heterocycles. The second-order valence-corrected chi connectivity index (χ2v) is 6.80. The molecule has 0 unspecified atom stereocenters. The van der Waals surface area contributed by atoms with Crippen LogP contribution in [0, 0.1) is 16.7 Å². The molecule has 3 nitrogen and oxygen atoms in total. The number of nitrogens with zero attached hydrogens (tertiary/aromatic N) is 1. The van der Waals surface area contributed by atoms with Crippen LogP contribution in [0.5, 0.6) is 5.75 Å². The van der Waals surface area contributed by atoms with E-state index in [9.17, 15) is 10.1 Å². The number of ether oxygens (including phenoxy) is 1. The summed E-state index contributed by atoms with van der Waals surface area (Å²) in [5, 5.41) is 11.5. The van der Waals surface area contributed by atoms with Crippen LogP contribution in [0.15, 0.2) is 42.0 Å². The molecule has 0 aliphatic rings. The van der Waals surface area contributed by atoms with E-state index in [1.165, 1.54) is 0 Å². The van der Waals surface area contributed by atoms with Gasteiger partial charge in [0.1, 0.15) is 11.8 Å². The molecular formula is C21H23NO2. The number of benzene rings is 2. The maximum absolute atomic E-state index is 12.5. The molecule has 2 rings (SSSR count). The molecule has 0 radical (unpaired) electrons. The summed E-state index contributed by atoms with van der Waals surface area (Å²) in [4.78, 5) is 12.5. The lowest BCUT2D eigenvalue weighted by Gasteiger charge is -2.16. The Hall–Kier alpha value is -2.60. The maximum Gasteiger partial charge on any atom is 0.178 e. The normalized spacial score (nSPS) is 12.0. The Kier molecular flexibility index (Phi) is 5.41. The van der Waals surface area contributed by atoms with Crippen molar-refractivity contribution in [2.45, 2.75) is 34.1 Å². The van der Waals surface area contributed by atoms with Crippen molar-refractivity contribution in [1.82, 2.24) is 0 Å². The van der Waals surface area contributed by atoms with Gasteiger partial charge < -0.3 is 4.74 Å². The summed E-state index contributed by atoms with van der Waals surface area (Å²) >= 11 is 0. The number of hydrogen-bond acceptors (Lipinski definition) is 3. The molecule has 0 atom stereocenters. The van der Waals surface area contributed by atoms with Crippen LogP contribution in [0.1, 0.15) is 39.7 Å². The maximum atomic E-state index is 12.5. The minimum atomic E-state index is -0.601. The Bertz CT molecular complexity index is 820. The molecule has 124 valence electrons. The molecule has 0 bridgehead atoms. The summed E-state index contributed by atoms with van der Waals surface area (Å²) in [5.41, 5.74) is 0.340. The van der Waals surface area contributed by atoms with Gasteiger partial charge in [0.05, 0.1) is 12.2 Å². The number of nitriles is 1. The molecular weight excluding hydrogens is 298 g/mol. The van der Waals surface area contributed by atoms with E-state index in [1.54, 1.807) is 6.08 Å². The van der Waals surface area contributed by atoms with Gasteiger partial charge in [-0.05, 0) is 29.3 Å². The van der Waals surface area contributed by atoms with Gasteiger partial charge in [0, 0.05) is 11.0 Å². The first-order valence-electron chi connectivity index (χ1n) is 8.19. The second kappa shape index (κ2) is 7.31. The first-order chi connectivity index (χ1) is 11.4. The van der Waals surface area contributed by atoms with Crippen LogP contribution in [0.4, 0.5) is 0 Å². The van der Waals surface area contributed by atoms with Gasteiger partial charge >= 0.3 is 0 Å². The topological polar surface area (TPSA) is 50.1 Å². The fourth-order valence-corrected chi connectivity index (χ4v) is 2.46. The Balaban J connectivity index is 2.65. The van der Waals surface area contributed by atoms with Crippen LogP contribution in [0.25, 0.3) is 16.8 Å². The molecule has 0 N–H and O–H groups in total. The molecule has 0 saturated heterocycles. The van der Waals surface area contributed by atoms with Crippen molar-refractivity contribution >= 4 is 22.6 Å². The first kappa shape index (κ1) is 17.7. The molecule has 0 amide bonds. The summed E-state index contributed by atoms with van der Waals surface area (Å²) in [6.07, 6.45) is 2.56. The third-order valence-corrected chi connectivity index (χ3v) is 3.73. The van der Waals surface area contributed by atoms with Crippen molar-refractivity contribution in [2.75, 3.05) is 6.61 Å². The Labute approximate surface area is 143 Å². The molecule has 0 fully saturated rings. The molecule has 2 aromatic carbocycles. The van der Waals surface area contributed by atoms with Crippen molar-refractivity contribution in [3.05, 3.63) is 47.5 Å². The average Bonchev–Trinajstić information content (AvgIpc) is 2.56. The summed E-state index contributed by atoms with van der Waals surface area (Å²) < 4.78 is 5.84. The zero-order chi connectivity index (χ0) is 17.7. The van der Waals surface area contributed by atoms with Crippen molar-refractivity contribution in [2.24, 2.45) is 5.41 Å². The Morgan fingerprint density at radius 2 is 1.92 bits per heavy atom. The van der Waals surface area contributed by atoms with Gasteiger partial charge in [0.25, 0.3) is 0 Å². The van der Waals surface area contributed by atoms with Gasteiger partial charge in [0.15, 0.2) is 5.78 Å². The van der Waals surface area contributed by atoms with E-state index >= 15 is 0 Å². The Morgan fingerprint density at radius 1 is 1.21 bits per heavy atom. The molecule has 0 saturated carbocycles. The smallest absolute Gasteiger partial charge is 0.178 e. The van der Waals surface area contributed by atoms with E-state index in [-0.39, 0.29) is 11.4 Å². The van der Waals surface area contributed by atoms with Crippen LogP contribution in [-0.4, -0.2) is 12.4 Å². The highest BCUT2D eigenvalue weighted by Gasteiger charge is 2.25. The highest BCUT2D eigenvalue weighted by atomic mass is 16.5. The first-order valence-corrected chi connectivity index (χ1v) is 8.19. The number of ketones is 1. The van der Waals surface area contributed by atoms with E-state index in [0.717, 1.165) is 22.8 Å². The zero-order valence-corrected chi connectivity index (χ0v) is 14.7. The quantitative estimate of drug-likeness (QED) is 0.565. The number of carbonyl (C=O) groups is 1. The van der Waals surface area contributed by atoms with Crippen LogP contribution < -0.4 is 4.74 Å². The number of rotatable bonds is 5. The van der Waals surface area contributed by atoms with Crippen LogP contribution in [-0.2, 0) is 4.79 Å². The van der Waals surface area contributed by atoms with Gasteiger partial charge in [-0.25, -0.2) is 0 Å². The van der Waals surface area contributed by atoms with Gasteiger partial charge in [-0.1, -0.05) is 58.0 Å². The molecule has 3 heteroatoms. The fourth-order valence-electron chi connectivity index (χ4n) is 2.46. The van der Waals surface area contributed by atoms with Gasteiger partial charge in [-0.15, -0.1) is 0 Å². The predicted octanol–water partition coefficient (Wildman–Crippen LogP) is 5.15. The van der Waals surface area contributed by atoms with Crippen LogP contribution in [0.2, 0.25) is 0 Å². The largest absolute Gasteiger partial charge is 0.493 e. The van der Waals surface area contributed by atoms with Crippen molar-refractivity contribution < 1.29 is 9.53 Å². The predicted molar refractivity (Wildman–Crippen MR) is 97.8 cm³/mol. The van der Waals surface area contributed by atoms with Gasteiger partial charge in [0.2, 0.25) is 0 Å². The highest BCUT2D eigenvalue weighted by Crippen LogP contribution is 2.31. The number of hydrogen-bond donors (Lipinski definition) is 0. The number of fused-ring (bicyclic) bond motifs is 1. The minimum absolute atomic E-state index is 0.153. The summed E-state index contributed by atoms with van der Waals surface area (Å²) in [7, 11) is 0. The molecule has 0 spiro atoms. The summed E-state index contributed by atoms with van der Waals surface area (Å²) in [6, 6.07) is 13.9. The third-order valence-electron chi connectivity index (χ3n) is 3.73. The van der Waals surface area contributed by atoms with Crippen LogP contribution >= 0.6 is 0 Å². The van der Waals surface area contributed by atoms with Crippen molar-refractivity contribution in [3.8, 4) is 11.8 Å². The highest BCUT2D eigenvalue weighted by molar-refractivity contribution is 6.08. The second-order valence-electron chi connectivity index (χ2n) is 6.80. The van der Waals surface area contributed by atoms with E-state index in [0.29, 0.717) is 12.4 Å². The fraction of sp³-hybridized carbons (Fsp3) is 0.333. The Morgan fingerprint density at radius 3 is 2.54 bits per heavy atom. The minimum Gasteiger partial charge on any atom is -0.493 e. The van der Waals surface area contributed by atoms with E-state index in [4.69, 9.17) is 4.74 Å². The number of carbonyl (C=O) groups excluding carboxylic acids is 1. The standard InChI is InChI=1S/C21H23NO2/c1-5-12-24-19-11-10-15-8-6-7-9-17(15)18(19)13-16(14-22)20(23)21(2,3)4/h6-11,13H,5,12H2,1-4H3/b16-13+. The monoisotopic (exact) mass is 321 g/mol. The molecule has 0 aliphatic carbocycles. The van der Waals surface area contributed by atoms with E-state index in [2.05, 4.69) is 6.07 Å². The zero-order valence-electron chi connectivity index (χ0n) is 14.7. The summed E-state index contributed by atoms with van der Waals surface area (Å²) in [6.45, 7) is 8.09. The average molecular weight is 321 g/mol. The molecule has 0 aromatic heterocycles. The molecule has 2 aromatic rings. The van der Waals surface area contributed by atoms with E-state index in [1.807, 2.05) is 64.1 Å². The third kappa shape index (κ3) is 3.83.